The van der Waals surface area contributed by atoms with Gasteiger partial charge in [0.2, 0.25) is 0 Å². The van der Waals surface area contributed by atoms with Gasteiger partial charge in [0.05, 0.1) is 5.41 Å². The molecule has 0 amide bonds. The Morgan fingerprint density at radius 1 is 0.314 bits per heavy atom. The molecule has 0 radical (unpaired) electrons. The van der Waals surface area contributed by atoms with Crippen LogP contribution in [0.5, 0.6) is 11.5 Å². The van der Waals surface area contributed by atoms with Crippen molar-refractivity contribution in [3.05, 3.63) is 222 Å². The minimum Gasteiger partial charge on any atom is -0.457 e. The van der Waals surface area contributed by atoms with Gasteiger partial charge in [-0.25, -0.2) is 0 Å². The summed E-state index contributed by atoms with van der Waals surface area (Å²) in [4.78, 5) is 2.36. The molecule has 1 aliphatic carbocycles. The number of rotatable bonds is 5. The lowest BCUT2D eigenvalue weighted by Gasteiger charge is -2.40. The van der Waals surface area contributed by atoms with Crippen molar-refractivity contribution in [2.75, 3.05) is 4.90 Å². The third-order valence-electron chi connectivity index (χ3n) is 10.5. The molecule has 1 aliphatic heterocycles. The summed E-state index contributed by atoms with van der Waals surface area (Å²) in [7, 11) is 0. The van der Waals surface area contributed by atoms with Gasteiger partial charge in [0.1, 0.15) is 11.5 Å². The predicted molar refractivity (Wildman–Crippen MR) is 209 cm³/mol. The molecule has 0 saturated carbocycles. The molecule has 1 spiro atoms. The van der Waals surface area contributed by atoms with Crippen molar-refractivity contribution in [2.24, 2.45) is 0 Å². The molecule has 1 heterocycles. The Labute approximate surface area is 298 Å². The molecule has 51 heavy (non-hydrogen) atoms. The molecule has 0 N–H and O–H groups in total. The number of benzene rings is 8. The molecule has 0 aromatic heterocycles. The first-order valence-corrected chi connectivity index (χ1v) is 17.5. The van der Waals surface area contributed by atoms with Crippen LogP contribution in [0.15, 0.2) is 200 Å². The molecular formula is C49H33NO. The summed E-state index contributed by atoms with van der Waals surface area (Å²) in [6.45, 7) is 0. The normalized spacial score (nSPS) is 13.0. The fourth-order valence-corrected chi connectivity index (χ4v) is 8.30. The van der Waals surface area contributed by atoms with Crippen molar-refractivity contribution >= 4 is 17.1 Å². The van der Waals surface area contributed by atoms with E-state index in [2.05, 4.69) is 205 Å². The smallest absolute Gasteiger partial charge is 0.132 e. The Bertz CT molecular complexity index is 2410. The van der Waals surface area contributed by atoms with Gasteiger partial charge in [-0.2, -0.15) is 0 Å². The summed E-state index contributed by atoms with van der Waals surface area (Å²) in [6, 6.07) is 72.1. The van der Waals surface area contributed by atoms with E-state index in [1.807, 2.05) is 0 Å². The van der Waals surface area contributed by atoms with E-state index < -0.39 is 5.41 Å². The Morgan fingerprint density at radius 2 is 0.784 bits per heavy atom. The van der Waals surface area contributed by atoms with Crippen LogP contribution in [0.2, 0.25) is 0 Å². The van der Waals surface area contributed by atoms with E-state index in [1.165, 1.54) is 33.4 Å². The molecule has 2 heteroatoms. The highest BCUT2D eigenvalue weighted by molar-refractivity contribution is 5.92. The average molecular weight is 652 g/mol. The zero-order valence-electron chi connectivity index (χ0n) is 27.9. The molecule has 2 nitrogen and oxygen atoms in total. The van der Waals surface area contributed by atoms with Crippen LogP contribution in [0, 0.1) is 0 Å². The van der Waals surface area contributed by atoms with Gasteiger partial charge in [-0.05, 0) is 105 Å². The first-order valence-electron chi connectivity index (χ1n) is 17.5. The largest absolute Gasteiger partial charge is 0.457 e. The molecule has 0 unspecified atom stereocenters. The molecule has 240 valence electrons. The van der Waals surface area contributed by atoms with Crippen molar-refractivity contribution in [2.45, 2.75) is 5.41 Å². The van der Waals surface area contributed by atoms with E-state index in [1.54, 1.807) is 0 Å². The second kappa shape index (κ2) is 11.8. The molecule has 2 aliphatic rings. The maximum absolute atomic E-state index is 6.88. The van der Waals surface area contributed by atoms with Crippen LogP contribution in [-0.4, -0.2) is 0 Å². The predicted octanol–water partition coefficient (Wildman–Crippen LogP) is 13.0. The van der Waals surface area contributed by atoms with Gasteiger partial charge in [0.25, 0.3) is 0 Å². The molecule has 0 atom stereocenters. The van der Waals surface area contributed by atoms with Crippen molar-refractivity contribution in [1.82, 2.24) is 0 Å². The third-order valence-corrected chi connectivity index (χ3v) is 10.5. The lowest BCUT2D eigenvalue weighted by molar-refractivity contribution is 0.436. The van der Waals surface area contributed by atoms with E-state index in [4.69, 9.17) is 4.74 Å². The van der Waals surface area contributed by atoms with Gasteiger partial charge in [-0.15, -0.1) is 0 Å². The Balaban J connectivity index is 1.30. The summed E-state index contributed by atoms with van der Waals surface area (Å²) >= 11 is 0. The van der Waals surface area contributed by atoms with E-state index >= 15 is 0 Å². The summed E-state index contributed by atoms with van der Waals surface area (Å²) < 4.78 is 6.88. The fourth-order valence-electron chi connectivity index (χ4n) is 8.30. The SMILES string of the molecule is c1ccc(-c2ccc3c(c2)C2(c4cc(-c5ccccc5)ccc4O3)c3ccccc3-c3ccc(N(c4ccccc4)c4ccccc4)cc32)cc1. The molecule has 8 aromatic carbocycles. The second-order valence-electron chi connectivity index (χ2n) is 13.3. The number of hydrogen-bond donors (Lipinski definition) is 0. The number of hydrogen-bond acceptors (Lipinski definition) is 2. The number of nitrogens with zero attached hydrogens (tertiary/aromatic N) is 1. The first-order chi connectivity index (χ1) is 25.3. The van der Waals surface area contributed by atoms with Crippen LogP contribution in [0.1, 0.15) is 22.3 Å². The van der Waals surface area contributed by atoms with E-state index in [0.717, 1.165) is 50.8 Å². The maximum Gasteiger partial charge on any atom is 0.132 e. The number of fused-ring (bicyclic) bond motifs is 9. The van der Waals surface area contributed by atoms with Crippen LogP contribution in [0.25, 0.3) is 33.4 Å². The highest BCUT2D eigenvalue weighted by Gasteiger charge is 2.51. The number of ether oxygens (including phenoxy) is 1. The number of anilines is 3. The van der Waals surface area contributed by atoms with Crippen LogP contribution in [-0.2, 0) is 5.41 Å². The molecule has 0 bridgehead atoms. The lowest BCUT2D eigenvalue weighted by atomic mass is 9.65. The van der Waals surface area contributed by atoms with Crippen LogP contribution in [0.4, 0.5) is 17.1 Å². The molecule has 0 saturated heterocycles. The Morgan fingerprint density at radius 3 is 1.33 bits per heavy atom. The van der Waals surface area contributed by atoms with Gasteiger partial charge in [0.15, 0.2) is 0 Å². The van der Waals surface area contributed by atoms with Gasteiger partial charge < -0.3 is 9.64 Å². The molecular weight excluding hydrogens is 619 g/mol. The Hall–Kier alpha value is -6.64. The fraction of sp³-hybridized carbons (Fsp3) is 0.0204. The quantitative estimate of drug-likeness (QED) is 0.184. The maximum atomic E-state index is 6.88. The lowest BCUT2D eigenvalue weighted by Crippen LogP contribution is -2.32. The molecule has 0 fully saturated rings. The highest BCUT2D eigenvalue weighted by atomic mass is 16.5. The summed E-state index contributed by atoms with van der Waals surface area (Å²) in [5.74, 6) is 1.76. The van der Waals surface area contributed by atoms with Crippen LogP contribution < -0.4 is 9.64 Å². The average Bonchev–Trinajstić information content (AvgIpc) is 3.49. The summed E-state index contributed by atoms with van der Waals surface area (Å²) in [6.07, 6.45) is 0. The highest BCUT2D eigenvalue weighted by Crippen LogP contribution is 2.63. The topological polar surface area (TPSA) is 12.5 Å². The van der Waals surface area contributed by atoms with Crippen molar-refractivity contribution in [3.63, 3.8) is 0 Å². The summed E-state index contributed by atoms with van der Waals surface area (Å²) in [5, 5.41) is 0. The monoisotopic (exact) mass is 651 g/mol. The standard InChI is InChI=1S/C49H33NO/c1-5-15-34(16-6-1)36-25-29-47-45(31-36)49(46-32-37(26-30-48(46)51-47)35-17-7-2-8-18-35)43-24-14-13-23-41(43)42-28-27-40(33-44(42)49)50(38-19-9-3-10-20-38)39-21-11-4-12-22-39/h1-33H. The minimum absolute atomic E-state index is 0.639. The van der Waals surface area contributed by atoms with Crippen LogP contribution >= 0.6 is 0 Å². The second-order valence-corrected chi connectivity index (χ2v) is 13.3. The number of para-hydroxylation sites is 2. The van der Waals surface area contributed by atoms with Crippen LogP contribution in [0.3, 0.4) is 0 Å². The van der Waals surface area contributed by atoms with E-state index in [0.29, 0.717) is 0 Å². The van der Waals surface area contributed by atoms with Gasteiger partial charge in [-0.1, -0.05) is 140 Å². The third kappa shape index (κ3) is 4.57. The zero-order chi connectivity index (χ0) is 33.8. The van der Waals surface area contributed by atoms with Gasteiger partial charge in [-0.3, -0.25) is 0 Å². The Kier molecular flexibility index (Phi) is 6.75. The van der Waals surface area contributed by atoms with E-state index in [9.17, 15) is 0 Å². The van der Waals surface area contributed by atoms with Crippen molar-refractivity contribution in [1.29, 1.82) is 0 Å². The zero-order valence-corrected chi connectivity index (χ0v) is 27.9. The first kappa shape index (κ1) is 29.3. The van der Waals surface area contributed by atoms with Gasteiger partial charge >= 0.3 is 0 Å². The van der Waals surface area contributed by atoms with Gasteiger partial charge in [0, 0.05) is 28.2 Å². The van der Waals surface area contributed by atoms with Crippen molar-refractivity contribution in [3.8, 4) is 44.9 Å². The van der Waals surface area contributed by atoms with E-state index in [-0.39, 0.29) is 0 Å². The minimum atomic E-state index is -0.639. The summed E-state index contributed by atoms with van der Waals surface area (Å²) in [5.41, 5.74) is 14.7. The molecule has 10 rings (SSSR count). The molecule has 8 aromatic rings. The van der Waals surface area contributed by atoms with Crippen molar-refractivity contribution < 1.29 is 4.74 Å².